The van der Waals surface area contributed by atoms with Gasteiger partial charge in [0.1, 0.15) is 24.4 Å². The lowest BCUT2D eigenvalue weighted by molar-refractivity contribution is -0.302. The number of hydrogen-bond donors (Lipinski definition) is 6. The van der Waals surface area contributed by atoms with Crippen LogP contribution >= 0.6 is 0 Å². The highest BCUT2D eigenvalue weighted by Gasteiger charge is 2.44. The Hall–Kier alpha value is -1.59. The molecule has 9 nitrogen and oxygen atoms in total. The van der Waals surface area contributed by atoms with Gasteiger partial charge in [-0.15, -0.1) is 0 Å². The molecule has 0 aromatic rings. The summed E-state index contributed by atoms with van der Waals surface area (Å²) in [4.78, 5) is 13.1. The molecule has 400 valence electrons. The fraction of sp³-hybridized carbons (Fsp3) is 0.881. The number of aliphatic hydroxyl groups is 5. The van der Waals surface area contributed by atoms with Gasteiger partial charge in [0.25, 0.3) is 0 Å². The molecule has 7 unspecified atom stereocenters. The highest BCUT2D eigenvalue weighted by atomic mass is 16.7. The maximum atomic E-state index is 13.1. The van der Waals surface area contributed by atoms with E-state index < -0.39 is 49.5 Å². The van der Waals surface area contributed by atoms with Gasteiger partial charge in [-0.1, -0.05) is 249 Å². The number of carbonyl (C=O) groups is 1. The van der Waals surface area contributed by atoms with Crippen LogP contribution in [0.3, 0.4) is 0 Å². The number of amides is 1. The van der Waals surface area contributed by atoms with Crippen LogP contribution < -0.4 is 5.32 Å². The van der Waals surface area contributed by atoms with Gasteiger partial charge in [-0.3, -0.25) is 4.79 Å². The van der Waals surface area contributed by atoms with Gasteiger partial charge in [0, 0.05) is 6.42 Å². The van der Waals surface area contributed by atoms with E-state index in [9.17, 15) is 30.3 Å². The molecule has 0 radical (unpaired) electrons. The summed E-state index contributed by atoms with van der Waals surface area (Å²) in [7, 11) is 0. The Kier molecular flexibility index (Phi) is 46.4. The first-order valence-electron chi connectivity index (χ1n) is 29.2. The van der Waals surface area contributed by atoms with Crippen LogP contribution in [0.15, 0.2) is 36.5 Å². The Labute approximate surface area is 419 Å². The molecule has 1 aliphatic heterocycles. The molecule has 68 heavy (non-hydrogen) atoms. The molecule has 0 saturated carbocycles. The minimum absolute atomic E-state index is 0.188. The molecular formula is C59H111NO8. The van der Waals surface area contributed by atoms with Crippen LogP contribution in [0.25, 0.3) is 0 Å². The first kappa shape index (κ1) is 64.4. The SMILES string of the molecule is CCCCCCCCCCCCCC/C=C\CCCCCCCCCC(=O)NC(COC1OC(CO)C(O)C(O)C1O)C(O)/C=C/CC/C=C/CCCCCCCCCCCCCCCCCC. The molecule has 7 atom stereocenters. The third kappa shape index (κ3) is 38.1. The van der Waals surface area contributed by atoms with Crippen LogP contribution in [-0.2, 0) is 14.3 Å². The average Bonchev–Trinajstić information content (AvgIpc) is 3.34. The fourth-order valence-electron chi connectivity index (χ4n) is 9.29. The minimum Gasteiger partial charge on any atom is -0.394 e. The zero-order valence-electron chi connectivity index (χ0n) is 44.4. The Morgan fingerprint density at radius 1 is 0.485 bits per heavy atom. The molecule has 0 bridgehead atoms. The van der Waals surface area contributed by atoms with Crippen molar-refractivity contribution in [1.82, 2.24) is 5.32 Å². The number of aliphatic hydroxyl groups excluding tert-OH is 5. The van der Waals surface area contributed by atoms with Crippen molar-refractivity contribution in [1.29, 1.82) is 0 Å². The van der Waals surface area contributed by atoms with E-state index in [0.29, 0.717) is 6.42 Å². The molecule has 0 aliphatic carbocycles. The van der Waals surface area contributed by atoms with Gasteiger partial charge in [0.15, 0.2) is 6.29 Å². The van der Waals surface area contributed by atoms with Crippen LogP contribution in [0, 0.1) is 0 Å². The van der Waals surface area contributed by atoms with E-state index in [-0.39, 0.29) is 12.5 Å². The van der Waals surface area contributed by atoms with Gasteiger partial charge >= 0.3 is 0 Å². The third-order valence-corrected chi connectivity index (χ3v) is 13.9. The molecule has 1 heterocycles. The molecule has 1 saturated heterocycles. The van der Waals surface area contributed by atoms with Crippen LogP contribution in [0.2, 0.25) is 0 Å². The standard InChI is InChI=1S/C59H111NO8/c1-3-5-7-9-11-13-15-17-19-21-23-25-27-29-31-33-35-37-39-41-43-45-47-49-55(63)60-52(51-67-59-58(66)57(65)56(64)54(50-61)68-59)53(62)48-46-44-42-40-38-36-34-32-30-28-26-24-22-20-18-16-14-12-10-8-6-4-2/h29,31,38,40,46,48,52-54,56-59,61-62,64-66H,3-28,30,32-37,39,41-45,47,49-51H2,1-2H3,(H,60,63)/b31-29-,40-38+,48-46+. The first-order valence-corrected chi connectivity index (χ1v) is 29.2. The van der Waals surface area contributed by atoms with E-state index in [2.05, 4.69) is 43.5 Å². The third-order valence-electron chi connectivity index (χ3n) is 13.9. The Morgan fingerprint density at radius 2 is 0.838 bits per heavy atom. The first-order chi connectivity index (χ1) is 33.3. The maximum absolute atomic E-state index is 13.1. The highest BCUT2D eigenvalue weighted by molar-refractivity contribution is 5.76. The molecular weight excluding hydrogens is 851 g/mol. The summed E-state index contributed by atoms with van der Waals surface area (Å²) >= 11 is 0. The Balaban J connectivity index is 2.25. The zero-order valence-corrected chi connectivity index (χ0v) is 44.4. The molecule has 0 aromatic heterocycles. The summed E-state index contributed by atoms with van der Waals surface area (Å²) < 4.78 is 11.3. The lowest BCUT2D eigenvalue weighted by atomic mass is 9.99. The van der Waals surface area contributed by atoms with Gasteiger partial charge in [-0.05, 0) is 57.8 Å². The fourth-order valence-corrected chi connectivity index (χ4v) is 9.29. The van der Waals surface area contributed by atoms with Crippen LogP contribution in [0.1, 0.15) is 277 Å². The van der Waals surface area contributed by atoms with Crippen LogP contribution in [-0.4, -0.2) is 87.5 Å². The summed E-state index contributed by atoms with van der Waals surface area (Å²) in [6.45, 7) is 3.79. The summed E-state index contributed by atoms with van der Waals surface area (Å²) in [6, 6.07) is -0.824. The van der Waals surface area contributed by atoms with Crippen molar-refractivity contribution in [2.75, 3.05) is 13.2 Å². The van der Waals surface area contributed by atoms with E-state index in [4.69, 9.17) is 9.47 Å². The number of nitrogens with one attached hydrogen (secondary N) is 1. The van der Waals surface area contributed by atoms with Crippen molar-refractivity contribution < 1.29 is 39.8 Å². The highest BCUT2D eigenvalue weighted by Crippen LogP contribution is 2.23. The predicted molar refractivity (Wildman–Crippen MR) is 286 cm³/mol. The van der Waals surface area contributed by atoms with Gasteiger partial charge in [0.05, 0.1) is 25.4 Å². The second-order valence-electron chi connectivity index (χ2n) is 20.4. The maximum Gasteiger partial charge on any atom is 0.220 e. The van der Waals surface area contributed by atoms with Crippen molar-refractivity contribution in [3.63, 3.8) is 0 Å². The van der Waals surface area contributed by atoms with Gasteiger partial charge < -0.3 is 40.3 Å². The van der Waals surface area contributed by atoms with Crippen molar-refractivity contribution in [3.8, 4) is 0 Å². The zero-order chi connectivity index (χ0) is 49.4. The van der Waals surface area contributed by atoms with Crippen molar-refractivity contribution in [3.05, 3.63) is 36.5 Å². The quantitative estimate of drug-likeness (QED) is 0.0261. The topological polar surface area (TPSA) is 149 Å². The second-order valence-corrected chi connectivity index (χ2v) is 20.4. The van der Waals surface area contributed by atoms with E-state index in [1.54, 1.807) is 6.08 Å². The van der Waals surface area contributed by atoms with Gasteiger partial charge in [-0.2, -0.15) is 0 Å². The van der Waals surface area contributed by atoms with Crippen molar-refractivity contribution in [2.45, 2.75) is 320 Å². The summed E-state index contributed by atoms with van der Waals surface area (Å²) in [5.74, 6) is -0.188. The number of carbonyl (C=O) groups excluding carboxylic acids is 1. The van der Waals surface area contributed by atoms with Crippen molar-refractivity contribution >= 4 is 5.91 Å². The smallest absolute Gasteiger partial charge is 0.220 e. The van der Waals surface area contributed by atoms with Crippen LogP contribution in [0.4, 0.5) is 0 Å². The summed E-state index contributed by atoms with van der Waals surface area (Å²) in [5.41, 5.74) is 0. The second kappa shape index (κ2) is 49.0. The van der Waals surface area contributed by atoms with Crippen LogP contribution in [0.5, 0.6) is 0 Å². The molecule has 0 spiro atoms. The van der Waals surface area contributed by atoms with E-state index in [1.807, 2.05) is 6.08 Å². The van der Waals surface area contributed by atoms with Gasteiger partial charge in [0.2, 0.25) is 5.91 Å². The molecule has 1 rings (SSSR count). The normalized spacial score (nSPS) is 19.8. The molecule has 6 N–H and O–H groups in total. The van der Waals surface area contributed by atoms with Crippen molar-refractivity contribution in [2.24, 2.45) is 0 Å². The lowest BCUT2D eigenvalue weighted by Crippen LogP contribution is -2.60. The number of ether oxygens (including phenoxy) is 2. The van der Waals surface area contributed by atoms with E-state index >= 15 is 0 Å². The minimum atomic E-state index is -1.57. The van der Waals surface area contributed by atoms with E-state index in [0.717, 1.165) is 51.4 Å². The Morgan fingerprint density at radius 3 is 1.24 bits per heavy atom. The molecule has 1 aliphatic rings. The lowest BCUT2D eigenvalue weighted by Gasteiger charge is -2.40. The Bertz CT molecular complexity index is 1160. The molecule has 1 amide bonds. The molecule has 0 aromatic carbocycles. The number of allylic oxidation sites excluding steroid dienone is 5. The molecule has 9 heteroatoms. The number of unbranched alkanes of at least 4 members (excludes halogenated alkanes) is 36. The number of rotatable bonds is 50. The average molecular weight is 963 g/mol. The predicted octanol–water partition coefficient (Wildman–Crippen LogP) is 14.4. The molecule has 1 fully saturated rings. The number of hydrogen-bond acceptors (Lipinski definition) is 8. The van der Waals surface area contributed by atoms with Gasteiger partial charge in [-0.25, -0.2) is 0 Å². The monoisotopic (exact) mass is 962 g/mol. The summed E-state index contributed by atoms with van der Waals surface area (Å²) in [5, 5.41) is 54.5. The summed E-state index contributed by atoms with van der Waals surface area (Å²) in [6.07, 6.45) is 56.4. The van der Waals surface area contributed by atoms with E-state index in [1.165, 1.54) is 205 Å². The largest absolute Gasteiger partial charge is 0.394 e.